The molecule has 0 aromatic heterocycles. The summed E-state index contributed by atoms with van der Waals surface area (Å²) < 4.78 is 0. The summed E-state index contributed by atoms with van der Waals surface area (Å²) >= 11 is 0. The van der Waals surface area contributed by atoms with Gasteiger partial charge in [-0.2, -0.15) is 9.98 Å². The lowest BCUT2D eigenvalue weighted by atomic mass is 9.98. The highest BCUT2D eigenvalue weighted by atomic mass is 14.8. The van der Waals surface area contributed by atoms with Crippen LogP contribution in [0.15, 0.2) is 34.3 Å². The lowest BCUT2D eigenvalue weighted by Gasteiger charge is -2.11. The van der Waals surface area contributed by atoms with E-state index < -0.39 is 0 Å². The number of hydrogen-bond acceptors (Lipinski definition) is 2. The molecule has 0 N–H and O–H groups in total. The fourth-order valence-electron chi connectivity index (χ4n) is 3.56. The van der Waals surface area contributed by atoms with Gasteiger partial charge in [-0.3, -0.25) is 0 Å². The highest BCUT2D eigenvalue weighted by Crippen LogP contribution is 2.30. The Kier molecular flexibility index (Phi) is 8.00. The maximum atomic E-state index is 4.70. The van der Waals surface area contributed by atoms with Gasteiger partial charge in [-0.15, -0.1) is 0 Å². The van der Waals surface area contributed by atoms with Crippen LogP contribution in [0.25, 0.3) is 0 Å². The molecule has 0 aliphatic heterocycles. The molecule has 0 aliphatic carbocycles. The maximum Gasteiger partial charge on any atom is 0.101 e. The van der Waals surface area contributed by atoms with Gasteiger partial charge in [0, 0.05) is 0 Å². The largest absolute Gasteiger partial charge is 0.187 e. The van der Waals surface area contributed by atoms with Gasteiger partial charge in [-0.1, -0.05) is 65.8 Å². The first-order valence-electron chi connectivity index (χ1n) is 10.6. The van der Waals surface area contributed by atoms with Gasteiger partial charge >= 0.3 is 0 Å². The monoisotopic (exact) mass is 362 g/mol. The van der Waals surface area contributed by atoms with Gasteiger partial charge in [-0.05, 0) is 71.9 Å². The first-order chi connectivity index (χ1) is 13.1. The minimum absolute atomic E-state index is 0.979. The Hall–Kier alpha value is -2.18. The molecule has 2 nitrogen and oxygen atoms in total. The molecule has 2 aromatic rings. The SMILES string of the molecule is CCc1cc(CC)c(N=C=Nc2c(CC)cc(CC)cc2CC)c(CC)c1. The van der Waals surface area contributed by atoms with Crippen LogP contribution >= 0.6 is 0 Å². The number of nitrogens with zero attached hydrogens (tertiary/aromatic N) is 2. The van der Waals surface area contributed by atoms with Crippen molar-refractivity contribution in [2.24, 2.45) is 9.98 Å². The molecule has 0 radical (unpaired) electrons. The summed E-state index contributed by atoms with van der Waals surface area (Å²) in [5.74, 6) is 0. The van der Waals surface area contributed by atoms with Crippen LogP contribution in [0.4, 0.5) is 11.4 Å². The van der Waals surface area contributed by atoms with Crippen molar-refractivity contribution < 1.29 is 0 Å². The van der Waals surface area contributed by atoms with Crippen LogP contribution < -0.4 is 0 Å². The Bertz CT molecular complexity index is 722. The molecule has 2 rings (SSSR count). The van der Waals surface area contributed by atoms with E-state index in [4.69, 9.17) is 9.98 Å². The first kappa shape index (κ1) is 21.1. The summed E-state index contributed by atoms with van der Waals surface area (Å²) in [6, 6.07) is 12.2. The molecule has 0 aliphatic rings. The van der Waals surface area contributed by atoms with Crippen LogP contribution in [0.2, 0.25) is 0 Å². The number of hydrogen-bond donors (Lipinski definition) is 0. The molecule has 144 valence electrons. The lowest BCUT2D eigenvalue weighted by molar-refractivity contribution is 1.04. The van der Waals surface area contributed by atoms with Crippen molar-refractivity contribution >= 4 is 17.4 Å². The zero-order chi connectivity index (χ0) is 19.8. The molecule has 0 unspecified atom stereocenters. The van der Waals surface area contributed by atoms with E-state index in [9.17, 15) is 0 Å². The van der Waals surface area contributed by atoms with Gasteiger partial charge < -0.3 is 0 Å². The molecule has 27 heavy (non-hydrogen) atoms. The zero-order valence-electron chi connectivity index (χ0n) is 17.9. The molecule has 0 bridgehead atoms. The smallest absolute Gasteiger partial charge is 0.101 e. The zero-order valence-corrected chi connectivity index (χ0v) is 17.9. The van der Waals surface area contributed by atoms with E-state index >= 15 is 0 Å². The molecule has 2 aromatic carbocycles. The molecule has 0 fully saturated rings. The number of aryl methyl sites for hydroxylation is 6. The van der Waals surface area contributed by atoms with Gasteiger partial charge in [0.25, 0.3) is 0 Å². The summed E-state index contributed by atoms with van der Waals surface area (Å²) in [5.41, 5.74) is 10.1. The molecule has 0 amide bonds. The van der Waals surface area contributed by atoms with Gasteiger partial charge in [0.1, 0.15) is 6.01 Å². The second kappa shape index (κ2) is 10.2. The van der Waals surface area contributed by atoms with Crippen molar-refractivity contribution in [1.29, 1.82) is 0 Å². The van der Waals surface area contributed by atoms with E-state index in [1.165, 1.54) is 33.4 Å². The Labute approximate surface area is 165 Å². The minimum atomic E-state index is 0.979. The first-order valence-corrected chi connectivity index (χ1v) is 10.6. The standard InChI is InChI=1S/C25H34N2/c1-7-18-13-20(9-3)24(21(10-4)14-18)26-17-27-25-22(11-5)15-19(8-2)16-23(25)12-6/h13-16H,7-12H2,1-6H3. The third kappa shape index (κ3) is 4.96. The van der Waals surface area contributed by atoms with Crippen LogP contribution in [-0.2, 0) is 38.5 Å². The Morgan fingerprint density at radius 3 is 1.04 bits per heavy atom. The Morgan fingerprint density at radius 2 is 0.815 bits per heavy atom. The maximum absolute atomic E-state index is 4.70. The molecular formula is C25H34N2. The van der Waals surface area contributed by atoms with Crippen LogP contribution in [0.3, 0.4) is 0 Å². The lowest BCUT2D eigenvalue weighted by Crippen LogP contribution is -1.94. The van der Waals surface area contributed by atoms with E-state index in [0.717, 1.165) is 49.9 Å². The van der Waals surface area contributed by atoms with Crippen LogP contribution in [-0.4, -0.2) is 6.01 Å². The molecule has 2 heteroatoms. The number of rotatable bonds is 8. The average molecular weight is 363 g/mol. The van der Waals surface area contributed by atoms with Gasteiger partial charge in [0.05, 0.1) is 11.4 Å². The van der Waals surface area contributed by atoms with Gasteiger partial charge in [0.15, 0.2) is 0 Å². The second-order valence-electron chi connectivity index (χ2n) is 6.97. The molecule has 0 heterocycles. The predicted molar refractivity (Wildman–Crippen MR) is 118 cm³/mol. The van der Waals surface area contributed by atoms with E-state index in [2.05, 4.69) is 71.8 Å². The Balaban J connectivity index is 2.54. The van der Waals surface area contributed by atoms with Gasteiger partial charge in [-0.25, -0.2) is 0 Å². The average Bonchev–Trinajstić information content (AvgIpc) is 2.72. The summed E-state index contributed by atoms with van der Waals surface area (Å²) in [5, 5.41) is 0. The van der Waals surface area contributed by atoms with Gasteiger partial charge in [0.2, 0.25) is 0 Å². The van der Waals surface area contributed by atoms with Crippen molar-refractivity contribution in [2.45, 2.75) is 80.1 Å². The molecule has 0 atom stereocenters. The van der Waals surface area contributed by atoms with Crippen molar-refractivity contribution in [2.75, 3.05) is 0 Å². The highest BCUT2D eigenvalue weighted by Gasteiger charge is 2.09. The van der Waals surface area contributed by atoms with Crippen LogP contribution in [0, 0.1) is 0 Å². The summed E-state index contributed by atoms with van der Waals surface area (Å²) in [4.78, 5) is 9.39. The van der Waals surface area contributed by atoms with E-state index in [-0.39, 0.29) is 0 Å². The van der Waals surface area contributed by atoms with E-state index in [1.54, 1.807) is 0 Å². The second-order valence-corrected chi connectivity index (χ2v) is 6.97. The van der Waals surface area contributed by atoms with E-state index in [1.807, 2.05) is 0 Å². The third-order valence-electron chi connectivity index (χ3n) is 5.32. The fourth-order valence-corrected chi connectivity index (χ4v) is 3.56. The summed E-state index contributed by atoms with van der Waals surface area (Å²) in [7, 11) is 0. The third-order valence-corrected chi connectivity index (χ3v) is 5.32. The van der Waals surface area contributed by atoms with E-state index in [0.29, 0.717) is 0 Å². The fraction of sp³-hybridized carbons (Fsp3) is 0.480. The molecule has 0 saturated carbocycles. The number of benzene rings is 2. The normalized spacial score (nSPS) is 10.6. The quantitative estimate of drug-likeness (QED) is 0.444. The molecular weight excluding hydrogens is 328 g/mol. The van der Waals surface area contributed by atoms with Crippen molar-refractivity contribution in [3.8, 4) is 0 Å². The topological polar surface area (TPSA) is 24.7 Å². The predicted octanol–water partition coefficient (Wildman–Crippen LogP) is 7.20. The van der Waals surface area contributed by atoms with Crippen LogP contribution in [0.5, 0.6) is 0 Å². The highest BCUT2D eigenvalue weighted by molar-refractivity contribution is 5.66. The summed E-state index contributed by atoms with van der Waals surface area (Å²) in [6.07, 6.45) is 6.03. The Morgan fingerprint density at radius 1 is 0.519 bits per heavy atom. The molecule has 0 saturated heterocycles. The van der Waals surface area contributed by atoms with Crippen molar-refractivity contribution in [1.82, 2.24) is 0 Å². The van der Waals surface area contributed by atoms with Crippen LogP contribution in [0.1, 0.15) is 74.9 Å². The molecule has 0 spiro atoms. The van der Waals surface area contributed by atoms with Crippen molar-refractivity contribution in [3.63, 3.8) is 0 Å². The summed E-state index contributed by atoms with van der Waals surface area (Å²) in [6.45, 7) is 13.2. The van der Waals surface area contributed by atoms with Crippen molar-refractivity contribution in [3.05, 3.63) is 57.6 Å². The minimum Gasteiger partial charge on any atom is -0.187 e. The number of aliphatic imine (C=N–C) groups is 2.